The van der Waals surface area contributed by atoms with E-state index in [0.29, 0.717) is 25.2 Å². The molecule has 0 N–H and O–H groups in total. The zero-order chi connectivity index (χ0) is 21.3. The van der Waals surface area contributed by atoms with Crippen molar-refractivity contribution in [3.05, 3.63) is 93.7 Å². The Hall–Kier alpha value is -2.92. The number of nitrogens with zero attached hydrogens (tertiary/aromatic N) is 2. The van der Waals surface area contributed by atoms with Gasteiger partial charge >= 0.3 is 0 Å². The molecule has 30 heavy (non-hydrogen) atoms. The Kier molecular flexibility index (Phi) is 7.80. The van der Waals surface area contributed by atoms with Crippen LogP contribution < -0.4 is 0 Å². The fraction of sp³-hybridized carbons (Fsp3) is 0.280. The first-order chi connectivity index (χ1) is 14.6. The molecule has 0 unspecified atom stereocenters. The zero-order valence-corrected chi connectivity index (χ0v) is 18.4. The van der Waals surface area contributed by atoms with E-state index in [-0.39, 0.29) is 18.4 Å². The number of thiophene rings is 1. The van der Waals surface area contributed by atoms with Gasteiger partial charge in [0.2, 0.25) is 5.91 Å². The van der Waals surface area contributed by atoms with Gasteiger partial charge in [-0.1, -0.05) is 61.0 Å². The van der Waals surface area contributed by atoms with Gasteiger partial charge in [-0.25, -0.2) is 0 Å². The number of hydrogen-bond donors (Lipinski definition) is 0. The quantitative estimate of drug-likeness (QED) is 0.481. The molecule has 0 fully saturated rings. The minimum Gasteiger partial charge on any atom is -0.332 e. The Morgan fingerprint density at radius 3 is 2.23 bits per heavy atom. The normalized spacial score (nSPS) is 10.6. The molecule has 156 valence electrons. The Balaban J connectivity index is 1.76. The number of aryl methyl sites for hydroxylation is 1. The van der Waals surface area contributed by atoms with Gasteiger partial charge < -0.3 is 9.80 Å². The summed E-state index contributed by atoms with van der Waals surface area (Å²) in [5.74, 6) is -0.137. The van der Waals surface area contributed by atoms with Crippen molar-refractivity contribution in [3.8, 4) is 0 Å². The van der Waals surface area contributed by atoms with Crippen molar-refractivity contribution >= 4 is 23.2 Å². The van der Waals surface area contributed by atoms with Gasteiger partial charge in [0.1, 0.15) is 6.54 Å². The van der Waals surface area contributed by atoms with Crippen molar-refractivity contribution in [1.29, 1.82) is 0 Å². The maximum absolute atomic E-state index is 13.3. The third-order valence-electron chi connectivity index (χ3n) is 4.90. The van der Waals surface area contributed by atoms with Crippen LogP contribution in [-0.2, 0) is 17.9 Å². The van der Waals surface area contributed by atoms with Gasteiger partial charge in [0.15, 0.2) is 0 Å². The Labute approximate surface area is 182 Å². The number of rotatable bonds is 9. The predicted molar refractivity (Wildman–Crippen MR) is 122 cm³/mol. The molecule has 0 saturated heterocycles. The molecule has 0 spiro atoms. The lowest BCUT2D eigenvalue weighted by Crippen LogP contribution is -2.42. The molecule has 2 aromatic carbocycles. The highest BCUT2D eigenvalue weighted by atomic mass is 32.1. The molecular formula is C25H28N2O2S. The van der Waals surface area contributed by atoms with Crippen LogP contribution in [0.2, 0.25) is 0 Å². The van der Waals surface area contributed by atoms with Crippen LogP contribution in [0.1, 0.15) is 39.7 Å². The summed E-state index contributed by atoms with van der Waals surface area (Å²) in [7, 11) is 0. The molecule has 3 aromatic rings. The summed E-state index contributed by atoms with van der Waals surface area (Å²) in [5, 5.41) is 2.02. The molecule has 1 aromatic heterocycles. The lowest BCUT2D eigenvalue weighted by Gasteiger charge is -2.27. The van der Waals surface area contributed by atoms with Crippen molar-refractivity contribution in [1.82, 2.24) is 9.80 Å². The van der Waals surface area contributed by atoms with E-state index in [2.05, 4.69) is 0 Å². The highest BCUT2D eigenvalue weighted by Gasteiger charge is 2.22. The average molecular weight is 421 g/mol. The van der Waals surface area contributed by atoms with Crippen LogP contribution in [0, 0.1) is 6.92 Å². The Morgan fingerprint density at radius 1 is 0.867 bits per heavy atom. The number of carbonyl (C=O) groups is 2. The maximum Gasteiger partial charge on any atom is 0.254 e. The Morgan fingerprint density at radius 2 is 1.60 bits per heavy atom. The van der Waals surface area contributed by atoms with Gasteiger partial charge in [-0.15, -0.1) is 11.3 Å². The van der Waals surface area contributed by atoms with Gasteiger partial charge in [-0.3, -0.25) is 9.59 Å². The number of amides is 2. The maximum atomic E-state index is 13.3. The smallest absolute Gasteiger partial charge is 0.254 e. The predicted octanol–water partition coefficient (Wildman–Crippen LogP) is 5.14. The van der Waals surface area contributed by atoms with Gasteiger partial charge in [0.05, 0.1) is 6.54 Å². The van der Waals surface area contributed by atoms with Crippen LogP contribution >= 0.6 is 11.3 Å². The van der Waals surface area contributed by atoms with E-state index in [1.54, 1.807) is 16.2 Å². The minimum atomic E-state index is -0.0963. The number of hydrogen-bond acceptors (Lipinski definition) is 3. The van der Waals surface area contributed by atoms with Crippen LogP contribution in [0.3, 0.4) is 0 Å². The van der Waals surface area contributed by atoms with E-state index in [1.807, 2.05) is 90.9 Å². The van der Waals surface area contributed by atoms with Crippen molar-refractivity contribution in [2.45, 2.75) is 33.4 Å². The molecule has 0 bridgehead atoms. The summed E-state index contributed by atoms with van der Waals surface area (Å²) in [6, 6.07) is 21.5. The van der Waals surface area contributed by atoms with Crippen molar-refractivity contribution < 1.29 is 9.59 Å². The van der Waals surface area contributed by atoms with E-state index >= 15 is 0 Å². The first-order valence-corrected chi connectivity index (χ1v) is 11.1. The number of carbonyl (C=O) groups excluding carboxylic acids is 2. The van der Waals surface area contributed by atoms with Crippen LogP contribution in [0.5, 0.6) is 0 Å². The summed E-state index contributed by atoms with van der Waals surface area (Å²) < 4.78 is 0. The number of benzene rings is 2. The zero-order valence-electron chi connectivity index (χ0n) is 17.6. The minimum absolute atomic E-state index is 0.0406. The average Bonchev–Trinajstić information content (AvgIpc) is 3.27. The summed E-state index contributed by atoms with van der Waals surface area (Å²) in [6.07, 6.45) is 0.800. The lowest BCUT2D eigenvalue weighted by molar-refractivity contribution is -0.133. The molecule has 0 atom stereocenters. The SMILES string of the molecule is CCCN(CC(=O)N(Cc1ccccc1)Cc1cccs1)C(=O)c1ccc(C)cc1. The molecule has 0 radical (unpaired) electrons. The third kappa shape index (κ3) is 6.04. The molecule has 0 aliphatic heterocycles. The molecule has 0 aliphatic carbocycles. The van der Waals surface area contributed by atoms with E-state index in [0.717, 1.165) is 22.4 Å². The summed E-state index contributed by atoms with van der Waals surface area (Å²) >= 11 is 1.64. The monoisotopic (exact) mass is 420 g/mol. The molecule has 2 amide bonds. The van der Waals surface area contributed by atoms with E-state index in [4.69, 9.17) is 0 Å². The second-order valence-corrected chi connectivity index (χ2v) is 8.44. The molecule has 5 heteroatoms. The fourth-order valence-corrected chi connectivity index (χ4v) is 4.01. The highest BCUT2D eigenvalue weighted by molar-refractivity contribution is 7.09. The van der Waals surface area contributed by atoms with E-state index < -0.39 is 0 Å². The highest BCUT2D eigenvalue weighted by Crippen LogP contribution is 2.16. The van der Waals surface area contributed by atoms with Crippen molar-refractivity contribution in [2.75, 3.05) is 13.1 Å². The van der Waals surface area contributed by atoms with Crippen LogP contribution in [-0.4, -0.2) is 34.7 Å². The molecular weight excluding hydrogens is 392 g/mol. The Bertz CT molecular complexity index is 937. The second kappa shape index (κ2) is 10.7. The lowest BCUT2D eigenvalue weighted by atomic mass is 10.1. The topological polar surface area (TPSA) is 40.6 Å². The van der Waals surface area contributed by atoms with Crippen LogP contribution in [0.25, 0.3) is 0 Å². The van der Waals surface area contributed by atoms with Gasteiger partial charge in [-0.2, -0.15) is 0 Å². The van der Waals surface area contributed by atoms with Crippen molar-refractivity contribution in [2.24, 2.45) is 0 Å². The second-order valence-electron chi connectivity index (χ2n) is 7.41. The molecule has 4 nitrogen and oxygen atoms in total. The first-order valence-electron chi connectivity index (χ1n) is 10.3. The van der Waals surface area contributed by atoms with Gasteiger partial charge in [0.25, 0.3) is 5.91 Å². The standard InChI is InChI=1S/C25H28N2O2S/c1-3-15-26(25(29)22-13-11-20(2)12-14-22)19-24(28)27(18-23-10-7-16-30-23)17-21-8-5-4-6-9-21/h4-14,16H,3,15,17-19H2,1-2H3. The van der Waals surface area contributed by atoms with Gasteiger partial charge in [-0.05, 0) is 42.5 Å². The summed E-state index contributed by atoms with van der Waals surface area (Å²) in [4.78, 5) is 31.0. The van der Waals surface area contributed by atoms with Crippen LogP contribution in [0.4, 0.5) is 0 Å². The van der Waals surface area contributed by atoms with E-state index in [1.165, 1.54) is 0 Å². The van der Waals surface area contributed by atoms with E-state index in [9.17, 15) is 9.59 Å². The molecule has 0 saturated carbocycles. The van der Waals surface area contributed by atoms with Crippen LogP contribution in [0.15, 0.2) is 72.1 Å². The summed E-state index contributed by atoms with van der Waals surface area (Å²) in [6.45, 7) is 5.72. The first kappa shape index (κ1) is 21.8. The van der Waals surface area contributed by atoms with Gasteiger partial charge in [0, 0.05) is 23.5 Å². The largest absolute Gasteiger partial charge is 0.332 e. The molecule has 1 heterocycles. The summed E-state index contributed by atoms with van der Waals surface area (Å²) in [5.41, 5.74) is 2.80. The third-order valence-corrected chi connectivity index (χ3v) is 5.76. The molecule has 3 rings (SSSR count). The van der Waals surface area contributed by atoms with Crippen molar-refractivity contribution in [3.63, 3.8) is 0 Å². The molecule has 0 aliphatic rings. The fourth-order valence-electron chi connectivity index (χ4n) is 3.29.